The van der Waals surface area contributed by atoms with E-state index < -0.39 is 0 Å². The van der Waals surface area contributed by atoms with Crippen LogP contribution in [0.2, 0.25) is 0 Å². The van der Waals surface area contributed by atoms with Crippen LogP contribution in [0.25, 0.3) is 0 Å². The minimum absolute atomic E-state index is 0.105. The Labute approximate surface area is 204 Å². The molecule has 0 aromatic rings. The maximum Gasteiger partial charge on any atom is 0.302 e. The smallest absolute Gasteiger partial charge is 0.302 e. The number of esters is 1. The van der Waals surface area contributed by atoms with Crippen LogP contribution in [0.4, 0.5) is 0 Å². The molecule has 0 aromatic carbocycles. The van der Waals surface area contributed by atoms with Gasteiger partial charge >= 0.3 is 5.97 Å². The molecule has 2 heteroatoms. The van der Waals surface area contributed by atoms with E-state index in [9.17, 15) is 4.79 Å². The zero-order valence-corrected chi connectivity index (χ0v) is 22.5. The molecule has 4 aliphatic carbocycles. The highest BCUT2D eigenvalue weighted by Gasteiger charge is 2.59. The molecule has 0 aromatic heterocycles. The molecule has 0 amide bonds. The quantitative estimate of drug-likeness (QED) is 0.297. The highest BCUT2D eigenvalue weighted by Crippen LogP contribution is 2.67. The second-order valence-electron chi connectivity index (χ2n) is 13.0. The summed E-state index contributed by atoms with van der Waals surface area (Å²) in [6.07, 6.45) is 19.2. The maximum absolute atomic E-state index is 11.5. The standard InChI is InChI=1S/C31H50O2/c1-8-23(20(2)3)10-9-21(4)27-13-14-28-26-12-11-24-19-25(33-22(5)32)15-17-30(24,6)29(26)16-18-31(27,28)7/h9-11,20-21,23,25-29H,8,12-19H2,1-7H3/b10-9+/t21-,23+,25-,26-,27-,28-,29+,30-,31-/m0/s1. The SMILES string of the molecule is CC[C@H](/C=C/[C@H](C)[C@@H]1CC[C@H]2[C@@H]3CC=C4C[C@@H](OC(C)=O)CC[C@]4(C)[C@@H]3CC[C@]21C)C(C)C. The van der Waals surface area contributed by atoms with E-state index in [2.05, 4.69) is 59.8 Å². The van der Waals surface area contributed by atoms with E-state index >= 15 is 0 Å². The van der Waals surface area contributed by atoms with Crippen molar-refractivity contribution in [2.75, 3.05) is 0 Å². The number of hydrogen-bond donors (Lipinski definition) is 0. The van der Waals surface area contributed by atoms with Crippen LogP contribution >= 0.6 is 0 Å². The molecule has 33 heavy (non-hydrogen) atoms. The summed E-state index contributed by atoms with van der Waals surface area (Å²) in [5, 5.41) is 0. The summed E-state index contributed by atoms with van der Waals surface area (Å²) < 4.78 is 5.62. The molecule has 0 spiro atoms. The Bertz CT molecular complexity index is 778. The number of allylic oxidation sites excluding steroid dienone is 3. The normalized spacial score (nSPS) is 42.3. The third-order valence-electron chi connectivity index (χ3n) is 11.1. The first-order chi connectivity index (χ1) is 15.6. The van der Waals surface area contributed by atoms with Crippen LogP contribution in [-0.2, 0) is 9.53 Å². The number of rotatable bonds is 6. The molecule has 186 valence electrons. The summed E-state index contributed by atoms with van der Waals surface area (Å²) in [4.78, 5) is 11.5. The van der Waals surface area contributed by atoms with E-state index in [-0.39, 0.29) is 12.1 Å². The molecule has 0 unspecified atom stereocenters. The Morgan fingerprint density at radius 1 is 1.09 bits per heavy atom. The number of carbonyl (C=O) groups is 1. The van der Waals surface area contributed by atoms with Crippen molar-refractivity contribution in [2.45, 2.75) is 112 Å². The summed E-state index contributed by atoms with van der Waals surface area (Å²) in [6.45, 7) is 16.3. The first kappa shape index (κ1) is 25.1. The van der Waals surface area contributed by atoms with E-state index in [1.54, 1.807) is 12.5 Å². The predicted octanol–water partition coefficient (Wildman–Crippen LogP) is 8.37. The predicted molar refractivity (Wildman–Crippen MR) is 138 cm³/mol. The zero-order valence-electron chi connectivity index (χ0n) is 22.5. The van der Waals surface area contributed by atoms with Gasteiger partial charge in [-0.15, -0.1) is 0 Å². The third-order valence-corrected chi connectivity index (χ3v) is 11.1. The fourth-order valence-corrected chi connectivity index (χ4v) is 9.15. The Morgan fingerprint density at radius 2 is 1.85 bits per heavy atom. The Morgan fingerprint density at radius 3 is 2.52 bits per heavy atom. The van der Waals surface area contributed by atoms with E-state index in [0.29, 0.717) is 16.7 Å². The molecule has 3 saturated carbocycles. The Balaban J connectivity index is 1.49. The van der Waals surface area contributed by atoms with Gasteiger partial charge in [0.1, 0.15) is 6.10 Å². The van der Waals surface area contributed by atoms with Crippen molar-refractivity contribution in [3.05, 3.63) is 23.8 Å². The molecule has 4 aliphatic rings. The van der Waals surface area contributed by atoms with Crippen molar-refractivity contribution in [3.63, 3.8) is 0 Å². The molecular formula is C31H50O2. The van der Waals surface area contributed by atoms with Crippen molar-refractivity contribution in [2.24, 2.45) is 52.3 Å². The second-order valence-corrected chi connectivity index (χ2v) is 13.0. The van der Waals surface area contributed by atoms with Gasteiger partial charge in [0.25, 0.3) is 0 Å². The molecule has 0 bridgehead atoms. The molecule has 3 fully saturated rings. The van der Waals surface area contributed by atoms with E-state index in [4.69, 9.17) is 4.74 Å². The van der Waals surface area contributed by atoms with Crippen LogP contribution in [0.15, 0.2) is 23.8 Å². The monoisotopic (exact) mass is 454 g/mol. The molecule has 0 saturated heterocycles. The summed E-state index contributed by atoms with van der Waals surface area (Å²) in [7, 11) is 0. The summed E-state index contributed by atoms with van der Waals surface area (Å²) in [5.74, 6) is 5.41. The van der Waals surface area contributed by atoms with Gasteiger partial charge in [-0.1, -0.05) is 65.3 Å². The average Bonchev–Trinajstić information content (AvgIpc) is 3.11. The van der Waals surface area contributed by atoms with E-state index in [1.807, 2.05) is 0 Å². The lowest BCUT2D eigenvalue weighted by Crippen LogP contribution is -2.51. The van der Waals surface area contributed by atoms with Crippen LogP contribution in [0.3, 0.4) is 0 Å². The van der Waals surface area contributed by atoms with Gasteiger partial charge in [-0.2, -0.15) is 0 Å². The maximum atomic E-state index is 11.5. The van der Waals surface area contributed by atoms with Gasteiger partial charge in [0.05, 0.1) is 0 Å². The third kappa shape index (κ3) is 4.50. The fourth-order valence-electron chi connectivity index (χ4n) is 9.15. The zero-order chi connectivity index (χ0) is 24.0. The Kier molecular flexibility index (Phi) is 7.24. The largest absolute Gasteiger partial charge is 0.462 e. The van der Waals surface area contributed by atoms with Crippen molar-refractivity contribution in [1.82, 2.24) is 0 Å². The van der Waals surface area contributed by atoms with Crippen LogP contribution in [0, 0.1) is 52.3 Å². The molecule has 9 atom stereocenters. The van der Waals surface area contributed by atoms with Crippen molar-refractivity contribution in [3.8, 4) is 0 Å². The summed E-state index contributed by atoms with van der Waals surface area (Å²) in [6, 6.07) is 0. The van der Waals surface area contributed by atoms with Crippen LogP contribution < -0.4 is 0 Å². The van der Waals surface area contributed by atoms with Crippen molar-refractivity contribution in [1.29, 1.82) is 0 Å². The lowest BCUT2D eigenvalue weighted by Gasteiger charge is -2.58. The number of carbonyl (C=O) groups excluding carboxylic acids is 1. The summed E-state index contributed by atoms with van der Waals surface area (Å²) >= 11 is 0. The lowest BCUT2D eigenvalue weighted by atomic mass is 9.47. The van der Waals surface area contributed by atoms with Crippen LogP contribution in [0.5, 0.6) is 0 Å². The van der Waals surface area contributed by atoms with Gasteiger partial charge in [-0.3, -0.25) is 4.79 Å². The van der Waals surface area contributed by atoms with Crippen LogP contribution in [0.1, 0.15) is 106 Å². The van der Waals surface area contributed by atoms with Gasteiger partial charge in [0.15, 0.2) is 0 Å². The minimum atomic E-state index is -0.120. The molecule has 0 heterocycles. The molecule has 0 N–H and O–H groups in total. The van der Waals surface area contributed by atoms with Gasteiger partial charge < -0.3 is 4.74 Å². The number of fused-ring (bicyclic) bond motifs is 5. The molecule has 0 radical (unpaired) electrons. The topological polar surface area (TPSA) is 26.3 Å². The molecular weight excluding hydrogens is 404 g/mol. The first-order valence-corrected chi connectivity index (χ1v) is 14.1. The van der Waals surface area contributed by atoms with Gasteiger partial charge in [-0.05, 0) is 104 Å². The number of hydrogen-bond acceptors (Lipinski definition) is 2. The average molecular weight is 455 g/mol. The highest BCUT2D eigenvalue weighted by molar-refractivity contribution is 5.66. The second kappa shape index (κ2) is 9.54. The molecule has 4 rings (SSSR count). The van der Waals surface area contributed by atoms with Gasteiger partial charge in [0, 0.05) is 13.3 Å². The van der Waals surface area contributed by atoms with E-state index in [0.717, 1.165) is 48.3 Å². The molecule has 2 nitrogen and oxygen atoms in total. The van der Waals surface area contributed by atoms with Crippen molar-refractivity contribution < 1.29 is 9.53 Å². The van der Waals surface area contributed by atoms with Crippen LogP contribution in [-0.4, -0.2) is 12.1 Å². The minimum Gasteiger partial charge on any atom is -0.462 e. The van der Waals surface area contributed by atoms with E-state index in [1.165, 1.54) is 44.9 Å². The van der Waals surface area contributed by atoms with Gasteiger partial charge in [-0.25, -0.2) is 0 Å². The first-order valence-electron chi connectivity index (χ1n) is 14.1. The van der Waals surface area contributed by atoms with Gasteiger partial charge in [0.2, 0.25) is 0 Å². The van der Waals surface area contributed by atoms with Crippen molar-refractivity contribution >= 4 is 5.97 Å². The Hall–Kier alpha value is -1.05. The fraction of sp³-hybridized carbons (Fsp3) is 0.839. The summed E-state index contributed by atoms with van der Waals surface area (Å²) in [5.41, 5.74) is 2.44. The number of ether oxygens (including phenoxy) is 1. The highest BCUT2D eigenvalue weighted by atomic mass is 16.5. The lowest BCUT2D eigenvalue weighted by molar-refractivity contribution is -0.148. The molecule has 0 aliphatic heterocycles.